The number of carbonyl (C=O) groups is 1. The van der Waals surface area contributed by atoms with Crippen molar-refractivity contribution in [2.75, 3.05) is 19.8 Å². The van der Waals surface area contributed by atoms with Crippen molar-refractivity contribution in [2.45, 2.75) is 58.0 Å². The van der Waals surface area contributed by atoms with Crippen molar-refractivity contribution in [3.8, 4) is 5.75 Å². The second-order valence-electron chi connectivity index (χ2n) is 7.29. The van der Waals surface area contributed by atoms with Crippen molar-refractivity contribution in [1.29, 1.82) is 0 Å². The maximum absolute atomic E-state index is 11.8. The monoisotopic (exact) mass is 397 g/mol. The zero-order chi connectivity index (χ0) is 17.6. The number of hydrogen-bond acceptors (Lipinski definition) is 3. The Hall–Kier alpha value is -1.07. The molecule has 0 aromatic heterocycles. The average molecular weight is 398 g/mol. The van der Waals surface area contributed by atoms with E-state index < -0.39 is 0 Å². The predicted octanol–water partition coefficient (Wildman–Crippen LogP) is 4.20. The van der Waals surface area contributed by atoms with Gasteiger partial charge in [0, 0.05) is 19.6 Å². The molecule has 0 spiro atoms. The van der Waals surface area contributed by atoms with Crippen molar-refractivity contribution >= 4 is 21.8 Å². The molecule has 1 aliphatic rings. The molecule has 1 heterocycles. The van der Waals surface area contributed by atoms with Crippen LogP contribution in [0.1, 0.15) is 52.0 Å². The molecular formula is C19H28BrNO3. The number of halogens is 1. The lowest BCUT2D eigenvalue weighted by Crippen LogP contribution is -2.31. The summed E-state index contributed by atoms with van der Waals surface area (Å²) in [6, 6.07) is 6.18. The van der Waals surface area contributed by atoms with E-state index in [4.69, 9.17) is 9.47 Å². The average Bonchev–Trinajstić information content (AvgIpc) is 3.03. The van der Waals surface area contributed by atoms with Gasteiger partial charge in [0.15, 0.2) is 0 Å². The Kier molecular flexibility index (Phi) is 7.11. The Morgan fingerprint density at radius 3 is 2.83 bits per heavy atom. The van der Waals surface area contributed by atoms with Crippen LogP contribution in [0.25, 0.3) is 0 Å². The number of nitrogens with one attached hydrogen (secondary N) is 1. The molecule has 1 atom stereocenters. The second-order valence-corrected chi connectivity index (χ2v) is 8.14. The van der Waals surface area contributed by atoms with Gasteiger partial charge in [0.2, 0.25) is 5.91 Å². The van der Waals surface area contributed by atoms with E-state index in [1.165, 1.54) is 5.56 Å². The molecule has 0 aliphatic carbocycles. The fourth-order valence-electron chi connectivity index (χ4n) is 2.62. The third-order valence-electron chi connectivity index (χ3n) is 4.15. The van der Waals surface area contributed by atoms with E-state index in [0.29, 0.717) is 26.0 Å². The molecule has 1 fully saturated rings. The molecule has 134 valence electrons. The van der Waals surface area contributed by atoms with Crippen LogP contribution in [0.3, 0.4) is 0 Å². The van der Waals surface area contributed by atoms with E-state index in [9.17, 15) is 4.79 Å². The maximum atomic E-state index is 11.8. The van der Waals surface area contributed by atoms with Gasteiger partial charge in [0.05, 0.1) is 17.2 Å². The lowest BCUT2D eigenvalue weighted by atomic mass is 9.87. The lowest BCUT2D eigenvalue weighted by Gasteiger charge is -2.20. The smallest absolute Gasteiger partial charge is 0.220 e. The van der Waals surface area contributed by atoms with Crippen molar-refractivity contribution in [3.63, 3.8) is 0 Å². The topological polar surface area (TPSA) is 47.6 Å². The number of carbonyl (C=O) groups excluding carboxylic acids is 1. The highest BCUT2D eigenvalue weighted by atomic mass is 79.9. The molecule has 0 saturated carbocycles. The number of benzene rings is 1. The first-order chi connectivity index (χ1) is 11.4. The summed E-state index contributed by atoms with van der Waals surface area (Å²) in [7, 11) is 0. The Morgan fingerprint density at radius 1 is 1.42 bits per heavy atom. The third-order valence-corrected chi connectivity index (χ3v) is 4.77. The Bertz CT molecular complexity index is 548. The van der Waals surface area contributed by atoms with Crippen LogP contribution in [0.5, 0.6) is 5.75 Å². The zero-order valence-electron chi connectivity index (χ0n) is 14.9. The van der Waals surface area contributed by atoms with Gasteiger partial charge in [-0.15, -0.1) is 0 Å². The molecule has 1 amide bonds. The van der Waals surface area contributed by atoms with Crippen LogP contribution in [0.4, 0.5) is 0 Å². The normalized spacial score (nSPS) is 17.8. The highest BCUT2D eigenvalue weighted by molar-refractivity contribution is 9.10. The van der Waals surface area contributed by atoms with Crippen LogP contribution in [0, 0.1) is 0 Å². The van der Waals surface area contributed by atoms with Gasteiger partial charge in [-0.1, -0.05) is 26.8 Å². The van der Waals surface area contributed by atoms with Crippen LogP contribution in [0.15, 0.2) is 22.7 Å². The highest BCUT2D eigenvalue weighted by Gasteiger charge is 2.16. The van der Waals surface area contributed by atoms with Gasteiger partial charge in [0.1, 0.15) is 5.75 Å². The first kappa shape index (κ1) is 19.3. The van der Waals surface area contributed by atoms with E-state index >= 15 is 0 Å². The number of ether oxygens (including phenoxy) is 2. The molecule has 1 aliphatic heterocycles. The van der Waals surface area contributed by atoms with E-state index in [0.717, 1.165) is 29.7 Å². The van der Waals surface area contributed by atoms with Crippen molar-refractivity contribution < 1.29 is 14.3 Å². The van der Waals surface area contributed by atoms with Gasteiger partial charge in [-0.3, -0.25) is 4.79 Å². The maximum Gasteiger partial charge on any atom is 0.220 e. The largest absolute Gasteiger partial charge is 0.492 e. The summed E-state index contributed by atoms with van der Waals surface area (Å²) in [5, 5.41) is 2.93. The lowest BCUT2D eigenvalue weighted by molar-refractivity contribution is -0.121. The molecule has 1 aromatic rings. The van der Waals surface area contributed by atoms with E-state index in [1.807, 2.05) is 6.07 Å². The van der Waals surface area contributed by atoms with Crippen molar-refractivity contribution in [2.24, 2.45) is 0 Å². The molecular weight excluding hydrogens is 370 g/mol. The molecule has 2 rings (SSSR count). The van der Waals surface area contributed by atoms with Gasteiger partial charge >= 0.3 is 0 Å². The molecule has 24 heavy (non-hydrogen) atoms. The minimum atomic E-state index is 0.0660. The third kappa shape index (κ3) is 6.10. The van der Waals surface area contributed by atoms with Gasteiger partial charge in [-0.2, -0.15) is 0 Å². The number of rotatable bonds is 7. The van der Waals surface area contributed by atoms with Crippen LogP contribution < -0.4 is 10.1 Å². The molecule has 0 bridgehead atoms. The summed E-state index contributed by atoms with van der Waals surface area (Å²) in [6.07, 6.45) is 3.51. The second kappa shape index (κ2) is 8.86. The van der Waals surface area contributed by atoms with Crippen LogP contribution in [-0.4, -0.2) is 31.8 Å². The Morgan fingerprint density at radius 2 is 2.21 bits per heavy atom. The minimum absolute atomic E-state index is 0.0660. The Balaban J connectivity index is 1.67. The van der Waals surface area contributed by atoms with Crippen LogP contribution in [0.2, 0.25) is 0 Å². The van der Waals surface area contributed by atoms with Gasteiger partial charge in [0.25, 0.3) is 0 Å². The fourth-order valence-corrected chi connectivity index (χ4v) is 3.11. The molecule has 5 heteroatoms. The van der Waals surface area contributed by atoms with Gasteiger partial charge in [-0.25, -0.2) is 0 Å². The highest BCUT2D eigenvalue weighted by Crippen LogP contribution is 2.31. The molecule has 1 unspecified atom stereocenters. The summed E-state index contributed by atoms with van der Waals surface area (Å²) in [4.78, 5) is 11.8. The van der Waals surface area contributed by atoms with Crippen molar-refractivity contribution in [3.05, 3.63) is 28.2 Å². The van der Waals surface area contributed by atoms with E-state index in [1.54, 1.807) is 0 Å². The van der Waals surface area contributed by atoms with Crippen LogP contribution >= 0.6 is 15.9 Å². The molecule has 1 saturated heterocycles. The summed E-state index contributed by atoms with van der Waals surface area (Å²) >= 11 is 3.56. The number of hydrogen-bond donors (Lipinski definition) is 1. The van der Waals surface area contributed by atoms with Gasteiger partial charge < -0.3 is 14.8 Å². The molecule has 1 N–H and O–H groups in total. The standard InChI is InChI=1S/C19H28BrNO3/c1-19(2,3)14-8-9-17(16(20)12-14)24-11-5-7-18(22)21-13-15-6-4-10-23-15/h8-9,12,15H,4-7,10-11,13H2,1-3H3,(H,21,22). The van der Waals surface area contributed by atoms with E-state index in [-0.39, 0.29) is 17.4 Å². The molecule has 0 radical (unpaired) electrons. The summed E-state index contributed by atoms with van der Waals surface area (Å²) in [5.74, 6) is 0.888. The predicted molar refractivity (Wildman–Crippen MR) is 99.6 cm³/mol. The first-order valence-electron chi connectivity index (χ1n) is 8.67. The van der Waals surface area contributed by atoms with Crippen LogP contribution in [-0.2, 0) is 14.9 Å². The summed E-state index contributed by atoms with van der Waals surface area (Å²) in [6.45, 7) is 8.52. The van der Waals surface area contributed by atoms with E-state index in [2.05, 4.69) is 54.2 Å². The quantitative estimate of drug-likeness (QED) is 0.701. The minimum Gasteiger partial charge on any atom is -0.492 e. The first-order valence-corrected chi connectivity index (χ1v) is 9.46. The van der Waals surface area contributed by atoms with Crippen molar-refractivity contribution in [1.82, 2.24) is 5.32 Å². The molecule has 1 aromatic carbocycles. The summed E-state index contributed by atoms with van der Waals surface area (Å²) in [5.41, 5.74) is 1.37. The summed E-state index contributed by atoms with van der Waals surface area (Å²) < 4.78 is 12.2. The Labute approximate surface area is 153 Å². The molecule has 4 nitrogen and oxygen atoms in total. The number of amides is 1. The van der Waals surface area contributed by atoms with Gasteiger partial charge in [-0.05, 0) is 58.3 Å². The zero-order valence-corrected chi connectivity index (χ0v) is 16.4. The SMILES string of the molecule is CC(C)(C)c1ccc(OCCCC(=O)NCC2CCCO2)c(Br)c1. The fraction of sp³-hybridized carbons (Fsp3) is 0.632.